The molecule has 1 aromatic carbocycles. The molecule has 198 valence electrons. The minimum absolute atomic E-state index is 0.195. The van der Waals surface area contributed by atoms with Crippen LogP contribution in [0.25, 0.3) is 39.0 Å². The normalized spacial score (nSPS) is 14.2. The Kier molecular flexibility index (Phi) is 5.27. The third-order valence-electron chi connectivity index (χ3n) is 7.40. The highest BCUT2D eigenvalue weighted by molar-refractivity contribution is 7.90. The molecular weight excluding hydrogens is 538 g/mol. The van der Waals surface area contributed by atoms with Gasteiger partial charge in [0.15, 0.2) is 21.1 Å². The quantitative estimate of drug-likeness (QED) is 0.305. The Labute approximate surface area is 228 Å². The number of halogens is 1. The maximum absolute atomic E-state index is 13.5. The maximum atomic E-state index is 13.5. The molecule has 0 bridgehead atoms. The average Bonchev–Trinajstić information content (AvgIpc) is 3.25. The number of hydrogen-bond acceptors (Lipinski definition) is 6. The van der Waals surface area contributed by atoms with E-state index in [4.69, 9.17) is 16.7 Å². The second-order valence-electron chi connectivity index (χ2n) is 10.2. The number of aromatic nitrogens is 7. The first-order chi connectivity index (χ1) is 18.7. The van der Waals surface area contributed by atoms with Gasteiger partial charge in [-0.2, -0.15) is 5.10 Å². The Morgan fingerprint density at radius 3 is 2.64 bits per heavy atom. The molecule has 6 aromatic rings. The molecule has 1 aliphatic carbocycles. The minimum Gasteiger partial charge on any atom is -0.348 e. The summed E-state index contributed by atoms with van der Waals surface area (Å²) in [4.78, 5) is 22.7. The molecule has 5 heterocycles. The molecule has 0 atom stereocenters. The Morgan fingerprint density at radius 1 is 1.08 bits per heavy atom. The van der Waals surface area contributed by atoms with Crippen molar-refractivity contribution in [2.75, 3.05) is 6.26 Å². The molecule has 0 spiro atoms. The van der Waals surface area contributed by atoms with Gasteiger partial charge in [-0.25, -0.2) is 18.2 Å². The van der Waals surface area contributed by atoms with E-state index in [2.05, 4.69) is 9.97 Å². The van der Waals surface area contributed by atoms with Crippen LogP contribution in [0.2, 0.25) is 5.02 Å². The van der Waals surface area contributed by atoms with E-state index in [-0.39, 0.29) is 10.6 Å². The molecule has 0 unspecified atom stereocenters. The van der Waals surface area contributed by atoms with Crippen molar-refractivity contribution < 1.29 is 8.42 Å². The lowest BCUT2D eigenvalue weighted by Crippen LogP contribution is -2.27. The lowest BCUT2D eigenvalue weighted by Gasteiger charge is -2.12. The van der Waals surface area contributed by atoms with Crippen molar-refractivity contribution in [2.24, 2.45) is 13.0 Å². The molecule has 1 saturated carbocycles. The summed E-state index contributed by atoms with van der Waals surface area (Å²) in [6.07, 6.45) is 9.91. The summed E-state index contributed by atoms with van der Waals surface area (Å²) in [5.74, 6) is 0.426. The van der Waals surface area contributed by atoms with Crippen LogP contribution in [-0.2, 0) is 30.0 Å². The lowest BCUT2D eigenvalue weighted by molar-refractivity contribution is 0.595. The first-order valence-corrected chi connectivity index (χ1v) is 14.8. The molecule has 0 radical (unpaired) electrons. The van der Waals surface area contributed by atoms with Crippen LogP contribution in [0.15, 0.2) is 64.8 Å². The minimum atomic E-state index is -3.46. The van der Waals surface area contributed by atoms with Crippen LogP contribution >= 0.6 is 11.6 Å². The fourth-order valence-corrected chi connectivity index (χ4v) is 6.27. The van der Waals surface area contributed by atoms with E-state index in [1.807, 2.05) is 28.9 Å². The van der Waals surface area contributed by atoms with Gasteiger partial charge in [0.1, 0.15) is 0 Å². The molecule has 5 aromatic heterocycles. The highest BCUT2D eigenvalue weighted by atomic mass is 35.5. The smallest absolute Gasteiger partial charge is 0.335 e. The summed E-state index contributed by atoms with van der Waals surface area (Å²) in [6.45, 7) is 0.877. The molecule has 0 aliphatic heterocycles. The molecule has 1 aliphatic rings. The molecule has 12 heteroatoms. The van der Waals surface area contributed by atoms with E-state index in [1.54, 1.807) is 51.4 Å². The highest BCUT2D eigenvalue weighted by Crippen LogP contribution is 2.36. The highest BCUT2D eigenvalue weighted by Gasteiger charge is 2.29. The Morgan fingerprint density at radius 2 is 1.90 bits per heavy atom. The Bertz CT molecular complexity index is 2110. The van der Waals surface area contributed by atoms with Crippen LogP contribution in [0, 0.1) is 5.92 Å². The fourth-order valence-electron chi connectivity index (χ4n) is 5.30. The van der Waals surface area contributed by atoms with Crippen LogP contribution in [-0.4, -0.2) is 48.0 Å². The van der Waals surface area contributed by atoms with Crippen molar-refractivity contribution in [3.8, 4) is 11.4 Å². The maximum Gasteiger partial charge on any atom is 0.335 e. The van der Waals surface area contributed by atoms with Crippen molar-refractivity contribution in [3.63, 3.8) is 0 Å². The number of sulfone groups is 1. The second-order valence-corrected chi connectivity index (χ2v) is 12.6. The summed E-state index contributed by atoms with van der Waals surface area (Å²) in [6, 6.07) is 9.14. The van der Waals surface area contributed by atoms with Gasteiger partial charge in [-0.15, -0.1) is 0 Å². The average molecular weight is 562 g/mol. The molecule has 0 amide bonds. The van der Waals surface area contributed by atoms with Gasteiger partial charge in [-0.1, -0.05) is 17.7 Å². The van der Waals surface area contributed by atoms with Gasteiger partial charge in [-0.3, -0.25) is 18.6 Å². The van der Waals surface area contributed by atoms with Crippen LogP contribution in [0.1, 0.15) is 18.4 Å². The van der Waals surface area contributed by atoms with Crippen LogP contribution in [0.3, 0.4) is 0 Å². The molecule has 0 saturated heterocycles. The van der Waals surface area contributed by atoms with Crippen molar-refractivity contribution in [2.45, 2.75) is 30.8 Å². The van der Waals surface area contributed by atoms with Gasteiger partial charge in [-0.05, 0) is 48.6 Å². The zero-order chi connectivity index (χ0) is 27.1. The van der Waals surface area contributed by atoms with E-state index < -0.39 is 9.84 Å². The van der Waals surface area contributed by atoms with Crippen molar-refractivity contribution in [3.05, 3.63) is 76.2 Å². The predicted molar refractivity (Wildman–Crippen MR) is 149 cm³/mol. The SMILES string of the molecule is Cn1cc(S(C)(=O)=O)cc1-c1c2c(nn1Cc1ccnc3cccc(Cl)c13)n(CC1CC1)c(=O)n1ccnc21. The van der Waals surface area contributed by atoms with Gasteiger partial charge < -0.3 is 4.57 Å². The molecule has 39 heavy (non-hydrogen) atoms. The van der Waals surface area contributed by atoms with Crippen molar-refractivity contribution in [1.29, 1.82) is 0 Å². The number of nitrogens with zero attached hydrogens (tertiary/aromatic N) is 7. The number of aryl methyl sites for hydroxylation is 1. The van der Waals surface area contributed by atoms with E-state index in [0.717, 1.165) is 29.3 Å². The zero-order valence-corrected chi connectivity index (χ0v) is 22.8. The van der Waals surface area contributed by atoms with Gasteiger partial charge in [0.25, 0.3) is 0 Å². The molecule has 0 N–H and O–H groups in total. The van der Waals surface area contributed by atoms with Gasteiger partial charge in [0.05, 0.1) is 38.8 Å². The largest absolute Gasteiger partial charge is 0.348 e. The fraction of sp³-hybridized carbons (Fsp3) is 0.259. The molecule has 7 rings (SSSR count). The predicted octanol–water partition coefficient (Wildman–Crippen LogP) is 3.91. The van der Waals surface area contributed by atoms with Crippen LogP contribution in [0.4, 0.5) is 0 Å². The molecule has 1 fully saturated rings. The summed E-state index contributed by atoms with van der Waals surface area (Å²) in [5.41, 5.74) is 3.77. The topological polar surface area (TPSA) is 109 Å². The summed E-state index contributed by atoms with van der Waals surface area (Å²) in [5, 5.41) is 7.08. The number of hydrogen-bond donors (Lipinski definition) is 0. The summed E-state index contributed by atoms with van der Waals surface area (Å²) < 4.78 is 31.8. The monoisotopic (exact) mass is 561 g/mol. The van der Waals surface area contributed by atoms with E-state index in [9.17, 15) is 13.2 Å². The number of rotatable bonds is 6. The number of pyridine rings is 1. The number of imidazole rings is 1. The first kappa shape index (κ1) is 24.1. The van der Waals surface area contributed by atoms with Gasteiger partial charge in [0.2, 0.25) is 0 Å². The van der Waals surface area contributed by atoms with E-state index in [0.29, 0.717) is 52.1 Å². The van der Waals surface area contributed by atoms with Crippen LogP contribution in [0.5, 0.6) is 0 Å². The lowest BCUT2D eigenvalue weighted by atomic mass is 10.1. The van der Waals surface area contributed by atoms with Crippen molar-refractivity contribution >= 4 is 49.0 Å². The number of benzene rings is 1. The van der Waals surface area contributed by atoms with Gasteiger partial charge in [0, 0.05) is 50.0 Å². The Hall–Kier alpha value is -3.96. The van der Waals surface area contributed by atoms with E-state index >= 15 is 0 Å². The standard InChI is InChI=1S/C27H24ClN7O3S/c1-32-15-18(39(2,37)38)12-21(32)24-23-25-30-10-11-33(25)27(36)34(13-16-6-7-16)26(23)31-35(24)14-17-8-9-29-20-5-3-4-19(28)22(17)20/h3-5,8-12,15-16H,6-7,13-14H2,1-2H3. The summed E-state index contributed by atoms with van der Waals surface area (Å²) >= 11 is 6.62. The summed E-state index contributed by atoms with van der Waals surface area (Å²) in [7, 11) is -1.66. The number of fused-ring (bicyclic) bond motifs is 4. The molecular formula is C27H24ClN7O3S. The second kappa shape index (κ2) is 8.52. The molecule has 10 nitrogen and oxygen atoms in total. The first-order valence-electron chi connectivity index (χ1n) is 12.6. The van der Waals surface area contributed by atoms with E-state index in [1.165, 1.54) is 6.26 Å². The van der Waals surface area contributed by atoms with Crippen molar-refractivity contribution in [1.82, 2.24) is 33.3 Å². The third kappa shape index (κ3) is 3.87. The third-order valence-corrected chi connectivity index (χ3v) is 8.80. The van der Waals surface area contributed by atoms with Gasteiger partial charge >= 0.3 is 5.69 Å². The Balaban J connectivity index is 1.57. The van der Waals surface area contributed by atoms with Crippen LogP contribution < -0.4 is 5.69 Å². The zero-order valence-electron chi connectivity index (χ0n) is 21.2.